The predicted molar refractivity (Wildman–Crippen MR) is 108 cm³/mol. The number of hydrogen-bond acceptors (Lipinski definition) is 5. The quantitative estimate of drug-likeness (QED) is 0.624. The summed E-state index contributed by atoms with van der Waals surface area (Å²) < 4.78 is 5.44. The van der Waals surface area contributed by atoms with Crippen molar-refractivity contribution in [3.05, 3.63) is 74.1 Å². The minimum absolute atomic E-state index is 0.0420. The number of para-hydroxylation sites is 1. The minimum Gasteiger partial charge on any atom is -0.496 e. The monoisotopic (exact) mass is 399 g/mol. The average Bonchev–Trinajstić information content (AvgIpc) is 3.10. The lowest BCUT2D eigenvalue weighted by atomic mass is 9.94. The highest BCUT2D eigenvalue weighted by atomic mass is 32.1. The second kappa shape index (κ2) is 7.46. The van der Waals surface area contributed by atoms with Crippen molar-refractivity contribution in [3.63, 3.8) is 0 Å². The molecule has 0 bridgehead atoms. The fourth-order valence-electron chi connectivity index (χ4n) is 3.35. The summed E-state index contributed by atoms with van der Waals surface area (Å²) in [5.74, 6) is 0.808. The predicted octanol–water partition coefficient (Wildman–Crippen LogP) is 4.25. The van der Waals surface area contributed by atoms with Gasteiger partial charge in [-0.15, -0.1) is 11.3 Å². The zero-order valence-corrected chi connectivity index (χ0v) is 16.6. The zero-order valence-electron chi connectivity index (χ0n) is 15.0. The Kier molecular flexibility index (Phi) is 5.04. The molecule has 1 aliphatic rings. The number of ether oxygens (including phenoxy) is 1. The maximum absolute atomic E-state index is 12.9. The van der Waals surface area contributed by atoms with Gasteiger partial charge in [0, 0.05) is 15.3 Å². The number of methoxy groups -OCH3 is 1. The normalized spacial score (nSPS) is 15.9. The third kappa shape index (κ3) is 3.52. The maximum atomic E-state index is 12.9. The van der Waals surface area contributed by atoms with Crippen LogP contribution in [0, 0.1) is 0 Å². The first-order valence-corrected chi connectivity index (χ1v) is 10.6. The number of thiophene rings is 2. The van der Waals surface area contributed by atoms with Gasteiger partial charge in [0.1, 0.15) is 11.9 Å². The van der Waals surface area contributed by atoms with Crippen LogP contribution in [0.1, 0.15) is 39.8 Å². The second-order valence-corrected chi connectivity index (χ2v) is 8.71. The molecule has 2 aromatic heterocycles. The third-order valence-corrected chi connectivity index (χ3v) is 6.88. The van der Waals surface area contributed by atoms with Gasteiger partial charge >= 0.3 is 0 Å². The van der Waals surface area contributed by atoms with Crippen LogP contribution >= 0.6 is 22.7 Å². The molecule has 1 fully saturated rings. The van der Waals surface area contributed by atoms with Crippen LogP contribution in [0.3, 0.4) is 0 Å². The van der Waals surface area contributed by atoms with Gasteiger partial charge in [0.2, 0.25) is 5.91 Å². The lowest BCUT2D eigenvalue weighted by Gasteiger charge is -2.18. The fraction of sp³-hybridized carbons (Fsp3) is 0.286. The molecule has 2 heterocycles. The summed E-state index contributed by atoms with van der Waals surface area (Å²) in [7, 11) is 1.64. The molecule has 0 radical (unpaired) electrons. The van der Waals surface area contributed by atoms with E-state index in [4.69, 9.17) is 4.74 Å². The molecule has 2 N–H and O–H groups in total. The van der Waals surface area contributed by atoms with Gasteiger partial charge in [-0.1, -0.05) is 18.2 Å². The molecule has 0 spiro atoms. The molecule has 0 aliphatic heterocycles. The minimum atomic E-state index is -0.603. The number of carbonyl (C=O) groups is 1. The van der Waals surface area contributed by atoms with Crippen molar-refractivity contribution in [3.8, 4) is 5.75 Å². The lowest BCUT2D eigenvalue weighted by Crippen LogP contribution is -2.34. The van der Waals surface area contributed by atoms with E-state index in [1.54, 1.807) is 18.4 Å². The van der Waals surface area contributed by atoms with Crippen LogP contribution in [-0.4, -0.2) is 18.1 Å². The molecule has 1 amide bonds. The van der Waals surface area contributed by atoms with Crippen LogP contribution in [0.2, 0.25) is 0 Å². The Balaban J connectivity index is 1.43. The Morgan fingerprint density at radius 2 is 2.07 bits per heavy atom. The van der Waals surface area contributed by atoms with Crippen molar-refractivity contribution in [2.75, 3.05) is 7.11 Å². The fourth-order valence-corrected chi connectivity index (χ4v) is 5.00. The Bertz CT molecular complexity index is 929. The Morgan fingerprint density at radius 3 is 2.78 bits per heavy atom. The molecule has 1 aromatic carbocycles. The van der Waals surface area contributed by atoms with Gasteiger partial charge < -0.3 is 15.2 Å². The third-order valence-electron chi connectivity index (χ3n) is 5.04. The summed E-state index contributed by atoms with van der Waals surface area (Å²) in [5, 5.41) is 17.4. The Hall–Kier alpha value is -2.15. The van der Waals surface area contributed by atoms with E-state index in [9.17, 15) is 9.90 Å². The van der Waals surface area contributed by atoms with E-state index in [0.717, 1.165) is 39.5 Å². The number of amides is 1. The van der Waals surface area contributed by atoms with Gasteiger partial charge in [0.15, 0.2) is 0 Å². The Morgan fingerprint density at radius 1 is 1.26 bits per heavy atom. The second-order valence-electron chi connectivity index (χ2n) is 6.73. The van der Waals surface area contributed by atoms with E-state index in [2.05, 4.69) is 5.32 Å². The van der Waals surface area contributed by atoms with E-state index < -0.39 is 11.5 Å². The zero-order chi connectivity index (χ0) is 18.9. The van der Waals surface area contributed by atoms with Crippen molar-refractivity contribution in [1.29, 1.82) is 0 Å². The SMILES string of the molecule is COc1ccccc1C1(C(=O)NCc2ccc(C(O)c3ccsc3)s2)CC1. The smallest absolute Gasteiger partial charge is 0.231 e. The van der Waals surface area contributed by atoms with E-state index in [-0.39, 0.29) is 5.91 Å². The molecule has 1 atom stereocenters. The van der Waals surface area contributed by atoms with Gasteiger partial charge in [-0.05, 0) is 53.4 Å². The highest BCUT2D eigenvalue weighted by molar-refractivity contribution is 7.12. The highest BCUT2D eigenvalue weighted by Gasteiger charge is 2.52. The number of aliphatic hydroxyl groups excluding tert-OH is 1. The van der Waals surface area contributed by atoms with Crippen LogP contribution < -0.4 is 10.1 Å². The maximum Gasteiger partial charge on any atom is 0.231 e. The number of aliphatic hydroxyl groups is 1. The van der Waals surface area contributed by atoms with Crippen LogP contribution in [0.4, 0.5) is 0 Å². The molecule has 0 saturated heterocycles. The molecule has 1 saturated carbocycles. The molecular weight excluding hydrogens is 378 g/mol. The van der Waals surface area contributed by atoms with Crippen LogP contribution in [0.5, 0.6) is 5.75 Å². The molecule has 3 aromatic rings. The summed E-state index contributed by atoms with van der Waals surface area (Å²) in [5.41, 5.74) is 1.40. The van der Waals surface area contributed by atoms with Gasteiger partial charge in [-0.2, -0.15) is 11.3 Å². The molecule has 6 heteroatoms. The molecule has 1 aliphatic carbocycles. The number of rotatable bonds is 7. The average molecular weight is 400 g/mol. The molecule has 140 valence electrons. The van der Waals surface area contributed by atoms with Crippen LogP contribution in [-0.2, 0) is 16.8 Å². The molecular formula is C21H21NO3S2. The standard InChI is InChI=1S/C21H21NO3S2/c1-25-17-5-3-2-4-16(17)21(9-10-21)20(24)22-12-15-6-7-18(27-15)19(23)14-8-11-26-13-14/h2-8,11,13,19,23H,9-10,12H2,1H3,(H,22,24). The molecule has 4 rings (SSSR count). The molecule has 4 nitrogen and oxygen atoms in total. The summed E-state index contributed by atoms with van der Waals surface area (Å²) >= 11 is 3.10. The van der Waals surface area contributed by atoms with Crippen molar-refractivity contribution in [1.82, 2.24) is 5.32 Å². The van der Waals surface area contributed by atoms with E-state index >= 15 is 0 Å². The van der Waals surface area contributed by atoms with E-state index in [1.165, 1.54) is 11.3 Å². The first kappa shape index (κ1) is 18.2. The Labute approximate surface area is 166 Å². The van der Waals surface area contributed by atoms with Gasteiger partial charge in [0.05, 0.1) is 19.1 Å². The topological polar surface area (TPSA) is 58.6 Å². The van der Waals surface area contributed by atoms with Gasteiger partial charge in [0.25, 0.3) is 0 Å². The van der Waals surface area contributed by atoms with E-state index in [0.29, 0.717) is 6.54 Å². The highest BCUT2D eigenvalue weighted by Crippen LogP contribution is 2.51. The number of hydrogen-bond donors (Lipinski definition) is 2. The van der Waals surface area contributed by atoms with Crippen molar-refractivity contribution < 1.29 is 14.6 Å². The number of carbonyl (C=O) groups excluding carboxylic acids is 1. The first-order valence-electron chi connectivity index (χ1n) is 8.84. The van der Waals surface area contributed by atoms with E-state index in [1.807, 2.05) is 53.2 Å². The summed E-state index contributed by atoms with van der Waals surface area (Å²) in [6.45, 7) is 0.469. The van der Waals surface area contributed by atoms with Gasteiger partial charge in [-0.25, -0.2) is 0 Å². The summed E-state index contributed by atoms with van der Waals surface area (Å²) in [6.07, 6.45) is 1.08. The molecule has 1 unspecified atom stereocenters. The van der Waals surface area contributed by atoms with Crippen LogP contribution in [0.25, 0.3) is 0 Å². The van der Waals surface area contributed by atoms with Gasteiger partial charge in [-0.3, -0.25) is 4.79 Å². The number of nitrogens with one attached hydrogen (secondary N) is 1. The largest absolute Gasteiger partial charge is 0.496 e. The summed E-state index contributed by atoms with van der Waals surface area (Å²) in [4.78, 5) is 14.8. The van der Waals surface area contributed by atoms with Crippen molar-refractivity contribution >= 4 is 28.6 Å². The van der Waals surface area contributed by atoms with Crippen molar-refractivity contribution in [2.45, 2.75) is 30.9 Å². The lowest BCUT2D eigenvalue weighted by molar-refractivity contribution is -0.123. The first-order chi connectivity index (χ1) is 13.1. The van der Waals surface area contributed by atoms with Crippen molar-refractivity contribution in [2.24, 2.45) is 0 Å². The summed E-state index contributed by atoms with van der Waals surface area (Å²) in [6, 6.07) is 13.6. The number of benzene rings is 1. The molecule has 27 heavy (non-hydrogen) atoms. The van der Waals surface area contributed by atoms with Crippen LogP contribution in [0.15, 0.2) is 53.2 Å².